The van der Waals surface area contributed by atoms with Crippen LogP contribution in [0.2, 0.25) is 0 Å². The fraction of sp³-hybridized carbons (Fsp3) is 0.667. The monoisotopic (exact) mass is 259 g/mol. The van der Waals surface area contributed by atoms with Crippen LogP contribution in [-0.4, -0.2) is 12.1 Å². The summed E-state index contributed by atoms with van der Waals surface area (Å²) in [6.45, 7) is 12.6. The van der Waals surface area contributed by atoms with Crippen LogP contribution in [-0.2, 0) is 5.41 Å². The summed E-state index contributed by atoms with van der Waals surface area (Å²) in [6.07, 6.45) is 4.05. The van der Waals surface area contributed by atoms with Gasteiger partial charge in [0.2, 0.25) is 0 Å². The van der Waals surface area contributed by atoms with Crippen molar-refractivity contribution in [2.24, 2.45) is 5.92 Å². The molecule has 0 aliphatic heterocycles. The molecule has 0 radical (unpaired) electrons. The van der Waals surface area contributed by atoms with Gasteiger partial charge >= 0.3 is 0 Å². The quantitative estimate of drug-likeness (QED) is 0.846. The predicted molar refractivity (Wildman–Crippen MR) is 83.6 cm³/mol. The van der Waals surface area contributed by atoms with Gasteiger partial charge in [-0.1, -0.05) is 37.6 Å². The maximum atomic E-state index is 3.76. The number of hydrogen-bond acceptors (Lipinski definition) is 1. The van der Waals surface area contributed by atoms with Crippen LogP contribution >= 0.6 is 0 Å². The van der Waals surface area contributed by atoms with Crippen LogP contribution in [0, 0.1) is 12.8 Å². The third kappa shape index (κ3) is 3.02. The van der Waals surface area contributed by atoms with Crippen LogP contribution in [0.3, 0.4) is 0 Å². The molecule has 1 nitrogen and oxygen atoms in total. The van der Waals surface area contributed by atoms with Crippen LogP contribution in [0.5, 0.6) is 0 Å². The van der Waals surface area contributed by atoms with E-state index in [9.17, 15) is 0 Å². The summed E-state index contributed by atoms with van der Waals surface area (Å²) in [7, 11) is 0. The van der Waals surface area contributed by atoms with Crippen LogP contribution in [0.1, 0.15) is 58.1 Å². The van der Waals surface area contributed by atoms with E-state index in [4.69, 9.17) is 0 Å². The highest BCUT2D eigenvalue weighted by molar-refractivity contribution is 5.35. The lowest BCUT2D eigenvalue weighted by Crippen LogP contribution is -2.47. The van der Waals surface area contributed by atoms with E-state index in [0.717, 1.165) is 12.5 Å². The molecule has 1 fully saturated rings. The van der Waals surface area contributed by atoms with Gasteiger partial charge in [-0.3, -0.25) is 0 Å². The van der Waals surface area contributed by atoms with Crippen LogP contribution in [0.15, 0.2) is 24.3 Å². The lowest BCUT2D eigenvalue weighted by atomic mass is 9.71. The lowest BCUT2D eigenvalue weighted by molar-refractivity contribution is 0.278. The summed E-state index contributed by atoms with van der Waals surface area (Å²) in [6, 6.07) is 8.97. The van der Waals surface area contributed by atoms with Gasteiger partial charge in [0.15, 0.2) is 0 Å². The molecule has 2 rings (SSSR count). The molecule has 0 saturated heterocycles. The van der Waals surface area contributed by atoms with Gasteiger partial charge in [-0.25, -0.2) is 0 Å². The normalized spacial score (nSPS) is 27.7. The second-order valence-corrected chi connectivity index (χ2v) is 7.37. The SMILES string of the molecule is Cc1ccccc1C1(CNC(C)(C)C)CCCC1C. The maximum Gasteiger partial charge on any atom is 0.0106 e. The largest absolute Gasteiger partial charge is 0.311 e. The minimum Gasteiger partial charge on any atom is -0.311 e. The molecule has 1 aromatic rings. The van der Waals surface area contributed by atoms with Crippen molar-refractivity contribution >= 4 is 0 Å². The molecule has 1 aromatic carbocycles. The second kappa shape index (κ2) is 5.28. The first kappa shape index (κ1) is 14.6. The fourth-order valence-electron chi connectivity index (χ4n) is 3.56. The Hall–Kier alpha value is -0.820. The highest BCUT2D eigenvalue weighted by Crippen LogP contribution is 2.46. The molecule has 0 bridgehead atoms. The van der Waals surface area contributed by atoms with Crippen molar-refractivity contribution in [3.63, 3.8) is 0 Å². The summed E-state index contributed by atoms with van der Waals surface area (Å²) in [4.78, 5) is 0. The Kier molecular flexibility index (Phi) is 4.06. The zero-order valence-corrected chi connectivity index (χ0v) is 13.2. The van der Waals surface area contributed by atoms with E-state index in [1.54, 1.807) is 5.56 Å². The van der Waals surface area contributed by atoms with Crippen molar-refractivity contribution in [2.75, 3.05) is 6.54 Å². The number of aryl methyl sites for hydroxylation is 1. The minimum absolute atomic E-state index is 0.192. The molecule has 0 amide bonds. The first-order valence-electron chi connectivity index (χ1n) is 7.66. The molecule has 1 saturated carbocycles. The molecule has 19 heavy (non-hydrogen) atoms. The molecule has 1 aliphatic rings. The highest BCUT2D eigenvalue weighted by atomic mass is 15.0. The van der Waals surface area contributed by atoms with Crippen LogP contribution in [0.25, 0.3) is 0 Å². The average molecular weight is 259 g/mol. The number of hydrogen-bond donors (Lipinski definition) is 1. The third-order valence-electron chi connectivity index (χ3n) is 4.82. The number of benzene rings is 1. The molecule has 0 heterocycles. The Bertz CT molecular complexity index is 430. The van der Waals surface area contributed by atoms with Crippen molar-refractivity contribution in [1.29, 1.82) is 0 Å². The number of nitrogens with one attached hydrogen (secondary N) is 1. The first-order chi connectivity index (χ1) is 8.85. The Labute approximate surface area is 118 Å². The molecular formula is C18H29N. The Balaban J connectivity index is 2.33. The maximum absolute atomic E-state index is 3.76. The van der Waals surface area contributed by atoms with E-state index in [1.807, 2.05) is 0 Å². The lowest BCUT2D eigenvalue weighted by Gasteiger charge is -2.38. The molecule has 1 N–H and O–H groups in total. The van der Waals surface area contributed by atoms with Gasteiger partial charge in [-0.05, 0) is 57.6 Å². The molecular weight excluding hydrogens is 230 g/mol. The Morgan fingerprint density at radius 1 is 1.26 bits per heavy atom. The highest BCUT2D eigenvalue weighted by Gasteiger charge is 2.42. The number of rotatable bonds is 3. The second-order valence-electron chi connectivity index (χ2n) is 7.37. The summed E-state index contributed by atoms with van der Waals surface area (Å²) < 4.78 is 0. The zero-order valence-electron chi connectivity index (χ0n) is 13.2. The van der Waals surface area contributed by atoms with E-state index in [-0.39, 0.29) is 5.54 Å². The van der Waals surface area contributed by atoms with Crippen LogP contribution < -0.4 is 5.32 Å². The summed E-state index contributed by atoms with van der Waals surface area (Å²) in [5.74, 6) is 0.767. The van der Waals surface area contributed by atoms with E-state index in [1.165, 1.54) is 24.8 Å². The average Bonchev–Trinajstić information content (AvgIpc) is 2.69. The molecule has 106 valence electrons. The van der Waals surface area contributed by atoms with Gasteiger partial charge in [0.05, 0.1) is 0 Å². The Morgan fingerprint density at radius 2 is 1.95 bits per heavy atom. The third-order valence-corrected chi connectivity index (χ3v) is 4.82. The van der Waals surface area contributed by atoms with Gasteiger partial charge in [0, 0.05) is 17.5 Å². The molecule has 0 aromatic heterocycles. The topological polar surface area (TPSA) is 12.0 Å². The molecule has 1 aliphatic carbocycles. The van der Waals surface area contributed by atoms with E-state index in [0.29, 0.717) is 5.41 Å². The smallest absolute Gasteiger partial charge is 0.0106 e. The van der Waals surface area contributed by atoms with Crippen molar-refractivity contribution in [1.82, 2.24) is 5.32 Å². The molecule has 2 unspecified atom stereocenters. The summed E-state index contributed by atoms with van der Waals surface area (Å²) in [5, 5.41) is 3.76. The van der Waals surface area contributed by atoms with Gasteiger partial charge in [0.1, 0.15) is 0 Å². The standard InChI is InChI=1S/C18H29N/c1-14-9-6-7-11-16(14)18(12-8-10-15(18)2)13-19-17(3,4)5/h6-7,9,11,15,19H,8,10,12-13H2,1-5H3. The van der Waals surface area contributed by atoms with Gasteiger partial charge in [-0.15, -0.1) is 0 Å². The summed E-state index contributed by atoms with van der Waals surface area (Å²) >= 11 is 0. The van der Waals surface area contributed by atoms with E-state index in [2.05, 4.69) is 64.2 Å². The molecule has 1 heteroatoms. The fourth-order valence-corrected chi connectivity index (χ4v) is 3.56. The van der Waals surface area contributed by atoms with Crippen molar-refractivity contribution in [3.05, 3.63) is 35.4 Å². The van der Waals surface area contributed by atoms with Crippen molar-refractivity contribution in [3.8, 4) is 0 Å². The molecule has 0 spiro atoms. The summed E-state index contributed by atoms with van der Waals surface area (Å²) in [5.41, 5.74) is 3.54. The van der Waals surface area contributed by atoms with Gasteiger partial charge in [-0.2, -0.15) is 0 Å². The zero-order chi connectivity index (χ0) is 14.1. The van der Waals surface area contributed by atoms with Crippen LogP contribution in [0.4, 0.5) is 0 Å². The van der Waals surface area contributed by atoms with Gasteiger partial charge < -0.3 is 5.32 Å². The minimum atomic E-state index is 0.192. The first-order valence-corrected chi connectivity index (χ1v) is 7.66. The van der Waals surface area contributed by atoms with Gasteiger partial charge in [0.25, 0.3) is 0 Å². The predicted octanol–water partition coefficient (Wildman–Crippen LogP) is 4.44. The Morgan fingerprint density at radius 3 is 2.47 bits per heavy atom. The van der Waals surface area contributed by atoms with Crippen molar-refractivity contribution in [2.45, 2.75) is 64.8 Å². The van der Waals surface area contributed by atoms with E-state index >= 15 is 0 Å². The van der Waals surface area contributed by atoms with Crippen molar-refractivity contribution < 1.29 is 0 Å². The molecule has 2 atom stereocenters. The van der Waals surface area contributed by atoms with E-state index < -0.39 is 0 Å².